The fourth-order valence-electron chi connectivity index (χ4n) is 4.49. The molecule has 2 unspecified atom stereocenters. The molecule has 8 heteroatoms. The summed E-state index contributed by atoms with van der Waals surface area (Å²) in [7, 11) is 0. The van der Waals surface area contributed by atoms with E-state index < -0.39 is 10.8 Å². The summed E-state index contributed by atoms with van der Waals surface area (Å²) in [5, 5.41) is 17.5. The minimum atomic E-state index is -0.480. The van der Waals surface area contributed by atoms with E-state index in [-0.39, 0.29) is 23.2 Å². The monoisotopic (exact) mass is 450 g/mol. The number of nitro benzene ring substituents is 1. The van der Waals surface area contributed by atoms with E-state index in [1.165, 1.54) is 6.07 Å². The van der Waals surface area contributed by atoms with Crippen LogP contribution in [0, 0.1) is 28.9 Å². The molecule has 0 spiro atoms. The average Bonchev–Trinajstić information content (AvgIpc) is 3.58. The second-order valence-corrected chi connectivity index (χ2v) is 9.55. The van der Waals surface area contributed by atoms with Gasteiger partial charge < -0.3 is 15.5 Å². The van der Waals surface area contributed by atoms with Crippen molar-refractivity contribution in [1.29, 1.82) is 0 Å². The van der Waals surface area contributed by atoms with E-state index in [0.29, 0.717) is 28.8 Å². The van der Waals surface area contributed by atoms with Crippen LogP contribution < -0.4 is 10.6 Å². The van der Waals surface area contributed by atoms with Crippen molar-refractivity contribution in [3.8, 4) is 0 Å². The summed E-state index contributed by atoms with van der Waals surface area (Å²) in [5.41, 5.74) is 2.34. The molecule has 2 aromatic rings. The molecule has 33 heavy (non-hydrogen) atoms. The van der Waals surface area contributed by atoms with Crippen molar-refractivity contribution in [3.05, 3.63) is 63.2 Å². The van der Waals surface area contributed by atoms with Gasteiger partial charge in [0.05, 0.1) is 4.92 Å². The number of hydrogen-bond donors (Lipinski definition) is 2. The first kappa shape index (κ1) is 22.8. The zero-order valence-corrected chi connectivity index (χ0v) is 19.3. The standard InChI is InChI=1S/C25H30N4O4/c1-15-10-16(2)14-28(13-15)25(31)19-5-4-17(3)22(11-19)27-24(30)18-6-9-21(26-20-7-8-20)23(12-18)29(32)33/h4-6,9,11-12,15-16,20,26H,7-8,10,13-14H2,1-3H3,(H,27,30). The lowest BCUT2D eigenvalue weighted by Crippen LogP contribution is -2.42. The van der Waals surface area contributed by atoms with Crippen LogP contribution >= 0.6 is 0 Å². The number of benzene rings is 2. The molecule has 0 bridgehead atoms. The number of carbonyl (C=O) groups is 2. The van der Waals surface area contributed by atoms with Crippen molar-refractivity contribution < 1.29 is 14.5 Å². The Morgan fingerprint density at radius 1 is 1.00 bits per heavy atom. The van der Waals surface area contributed by atoms with Gasteiger partial charge in [-0.25, -0.2) is 0 Å². The van der Waals surface area contributed by atoms with Gasteiger partial charge in [-0.2, -0.15) is 0 Å². The van der Waals surface area contributed by atoms with Crippen LogP contribution in [0.4, 0.5) is 17.1 Å². The van der Waals surface area contributed by atoms with Gasteiger partial charge in [0.1, 0.15) is 5.69 Å². The Morgan fingerprint density at radius 2 is 1.67 bits per heavy atom. The SMILES string of the molecule is Cc1ccc(C(=O)N2CC(C)CC(C)C2)cc1NC(=O)c1ccc(NC2CC2)c([N+](=O)[O-])c1. The van der Waals surface area contributed by atoms with Gasteiger partial charge >= 0.3 is 0 Å². The summed E-state index contributed by atoms with van der Waals surface area (Å²) in [6.07, 6.45) is 3.09. The van der Waals surface area contributed by atoms with Crippen LogP contribution in [-0.4, -0.2) is 40.8 Å². The van der Waals surface area contributed by atoms with Gasteiger partial charge in [-0.3, -0.25) is 19.7 Å². The molecule has 1 heterocycles. The van der Waals surface area contributed by atoms with E-state index in [4.69, 9.17) is 0 Å². The highest BCUT2D eigenvalue weighted by molar-refractivity contribution is 6.06. The second-order valence-electron chi connectivity index (χ2n) is 9.55. The van der Waals surface area contributed by atoms with Crippen molar-refractivity contribution in [1.82, 2.24) is 4.90 Å². The molecule has 8 nitrogen and oxygen atoms in total. The molecule has 2 N–H and O–H groups in total. The van der Waals surface area contributed by atoms with Crippen LogP contribution in [0.1, 0.15) is 59.4 Å². The Hall–Kier alpha value is -3.42. The Bertz CT molecular complexity index is 1090. The largest absolute Gasteiger partial charge is 0.377 e. The first-order valence-corrected chi connectivity index (χ1v) is 11.5. The highest BCUT2D eigenvalue weighted by Crippen LogP contribution is 2.32. The number of piperidine rings is 1. The molecule has 0 aromatic heterocycles. The van der Waals surface area contributed by atoms with Crippen molar-refractivity contribution in [2.24, 2.45) is 11.8 Å². The van der Waals surface area contributed by atoms with Crippen LogP contribution in [0.2, 0.25) is 0 Å². The average molecular weight is 451 g/mol. The van der Waals surface area contributed by atoms with E-state index in [2.05, 4.69) is 24.5 Å². The van der Waals surface area contributed by atoms with E-state index in [1.54, 1.807) is 24.3 Å². The molecule has 1 saturated heterocycles. The molecular weight excluding hydrogens is 420 g/mol. The van der Waals surface area contributed by atoms with Crippen molar-refractivity contribution in [2.45, 2.75) is 46.1 Å². The third-order valence-corrected chi connectivity index (χ3v) is 6.28. The van der Waals surface area contributed by atoms with Gasteiger partial charge in [0.25, 0.3) is 17.5 Å². The molecule has 2 aliphatic rings. The molecule has 0 radical (unpaired) electrons. The number of aryl methyl sites for hydroxylation is 1. The van der Waals surface area contributed by atoms with Crippen LogP contribution in [-0.2, 0) is 0 Å². The molecular formula is C25H30N4O4. The maximum Gasteiger partial charge on any atom is 0.293 e. The van der Waals surface area contributed by atoms with E-state index in [0.717, 1.165) is 37.9 Å². The number of nitrogens with one attached hydrogen (secondary N) is 2. The minimum absolute atomic E-state index is 0.0463. The van der Waals surface area contributed by atoms with Crippen LogP contribution in [0.25, 0.3) is 0 Å². The molecule has 1 saturated carbocycles. The molecule has 1 aliphatic heterocycles. The van der Waals surface area contributed by atoms with Crippen molar-refractivity contribution in [3.63, 3.8) is 0 Å². The fourth-order valence-corrected chi connectivity index (χ4v) is 4.49. The number of hydrogen-bond acceptors (Lipinski definition) is 5. The van der Waals surface area contributed by atoms with E-state index >= 15 is 0 Å². The Kier molecular flexibility index (Phi) is 6.35. The molecule has 2 amide bonds. The maximum atomic E-state index is 13.1. The number of nitro groups is 1. The van der Waals surface area contributed by atoms with E-state index in [1.807, 2.05) is 17.9 Å². The smallest absolute Gasteiger partial charge is 0.293 e. The number of amides is 2. The molecule has 2 aromatic carbocycles. The zero-order valence-electron chi connectivity index (χ0n) is 19.3. The topological polar surface area (TPSA) is 105 Å². The summed E-state index contributed by atoms with van der Waals surface area (Å²) in [6.45, 7) is 7.61. The van der Waals surface area contributed by atoms with Crippen molar-refractivity contribution >= 4 is 28.9 Å². The molecule has 2 atom stereocenters. The van der Waals surface area contributed by atoms with Gasteiger partial charge in [-0.05, 0) is 67.9 Å². The Morgan fingerprint density at radius 3 is 2.30 bits per heavy atom. The number of anilines is 2. The lowest BCUT2D eigenvalue weighted by atomic mass is 9.91. The maximum absolute atomic E-state index is 13.1. The quantitative estimate of drug-likeness (QED) is 0.484. The van der Waals surface area contributed by atoms with Gasteiger partial charge in [-0.1, -0.05) is 19.9 Å². The Balaban J connectivity index is 1.53. The Labute approximate surface area is 193 Å². The van der Waals surface area contributed by atoms with Gasteiger partial charge in [0.2, 0.25) is 0 Å². The third-order valence-electron chi connectivity index (χ3n) is 6.28. The predicted molar refractivity (Wildman–Crippen MR) is 128 cm³/mol. The first-order chi connectivity index (χ1) is 15.7. The van der Waals surface area contributed by atoms with Gasteiger partial charge in [-0.15, -0.1) is 0 Å². The predicted octanol–water partition coefficient (Wildman–Crippen LogP) is 4.85. The molecule has 174 valence electrons. The summed E-state index contributed by atoms with van der Waals surface area (Å²) in [6, 6.07) is 9.99. The first-order valence-electron chi connectivity index (χ1n) is 11.5. The third kappa shape index (κ3) is 5.32. The van der Waals surface area contributed by atoms with Crippen molar-refractivity contribution in [2.75, 3.05) is 23.7 Å². The number of likely N-dealkylation sites (tertiary alicyclic amines) is 1. The van der Waals surface area contributed by atoms with Crippen LogP contribution in [0.3, 0.4) is 0 Å². The highest BCUT2D eigenvalue weighted by atomic mass is 16.6. The normalized spacial score (nSPS) is 20.3. The lowest BCUT2D eigenvalue weighted by Gasteiger charge is -2.35. The zero-order chi connectivity index (χ0) is 23.7. The summed E-state index contributed by atoms with van der Waals surface area (Å²) in [4.78, 5) is 38.9. The number of rotatable bonds is 6. The number of nitrogens with zero attached hydrogens (tertiary/aromatic N) is 2. The van der Waals surface area contributed by atoms with Gasteiger partial charge in [0, 0.05) is 42.0 Å². The molecule has 2 fully saturated rings. The highest BCUT2D eigenvalue weighted by Gasteiger charge is 2.27. The summed E-state index contributed by atoms with van der Waals surface area (Å²) < 4.78 is 0. The fraction of sp³-hybridized carbons (Fsp3) is 0.440. The van der Waals surface area contributed by atoms with Crippen LogP contribution in [0.15, 0.2) is 36.4 Å². The van der Waals surface area contributed by atoms with Crippen LogP contribution in [0.5, 0.6) is 0 Å². The number of carbonyl (C=O) groups excluding carboxylic acids is 2. The minimum Gasteiger partial charge on any atom is -0.377 e. The molecule has 4 rings (SSSR count). The summed E-state index contributed by atoms with van der Waals surface area (Å²) in [5.74, 6) is 0.407. The van der Waals surface area contributed by atoms with Gasteiger partial charge in [0.15, 0.2) is 0 Å². The lowest BCUT2D eigenvalue weighted by molar-refractivity contribution is -0.384. The second kappa shape index (κ2) is 9.21. The van der Waals surface area contributed by atoms with E-state index in [9.17, 15) is 19.7 Å². The summed E-state index contributed by atoms with van der Waals surface area (Å²) >= 11 is 0. The molecule has 1 aliphatic carbocycles.